The number of halogens is 6. The Bertz CT molecular complexity index is 1190. The number of benzene rings is 2. The zero-order valence-corrected chi connectivity index (χ0v) is 23.2. The lowest BCUT2D eigenvalue weighted by atomic mass is 9.98. The largest absolute Gasteiger partial charge is 0.508 e. The lowest BCUT2D eigenvalue weighted by Crippen LogP contribution is -2.57. The van der Waals surface area contributed by atoms with Gasteiger partial charge in [-0.3, -0.25) is 14.6 Å². The molecule has 2 aromatic rings. The zero-order chi connectivity index (χ0) is 30.1. The lowest BCUT2D eigenvalue weighted by molar-refractivity contribution is -0.143. The molecular formula is C29H35F6N3O3. The van der Waals surface area contributed by atoms with Gasteiger partial charge in [0.05, 0.1) is 23.3 Å². The number of aryl methyl sites for hydroxylation is 1. The summed E-state index contributed by atoms with van der Waals surface area (Å²) in [6.07, 6.45) is -9.63. The Morgan fingerprint density at radius 2 is 1.46 bits per heavy atom. The number of alkyl halides is 6. The number of hydrogen-bond acceptors (Lipinski definition) is 5. The van der Waals surface area contributed by atoms with Gasteiger partial charge < -0.3 is 14.7 Å². The van der Waals surface area contributed by atoms with Crippen LogP contribution in [0.5, 0.6) is 5.75 Å². The zero-order valence-electron chi connectivity index (χ0n) is 23.2. The maximum Gasteiger partial charge on any atom is 0.416 e. The molecule has 0 spiro atoms. The third-order valence-electron chi connectivity index (χ3n) is 7.63. The van der Waals surface area contributed by atoms with Crippen LogP contribution in [0.1, 0.15) is 46.5 Å². The number of hydrogen-bond donors (Lipinski definition) is 1. The number of morpholine rings is 1. The molecule has 0 saturated carbocycles. The molecule has 3 atom stereocenters. The van der Waals surface area contributed by atoms with Crippen LogP contribution in [0, 0.1) is 6.92 Å². The van der Waals surface area contributed by atoms with Crippen LogP contribution in [0.2, 0.25) is 0 Å². The predicted octanol–water partition coefficient (Wildman–Crippen LogP) is 5.22. The van der Waals surface area contributed by atoms with Crippen molar-refractivity contribution in [2.45, 2.75) is 57.8 Å². The summed E-state index contributed by atoms with van der Waals surface area (Å²) in [5.74, 6) is -0.824. The number of rotatable bonds is 6. The molecule has 1 N–H and O–H groups in total. The summed E-state index contributed by atoms with van der Waals surface area (Å²) in [6, 6.07) is 5.54. The highest BCUT2D eigenvalue weighted by molar-refractivity contribution is 5.95. The summed E-state index contributed by atoms with van der Waals surface area (Å²) < 4.78 is 86.7. The minimum Gasteiger partial charge on any atom is -0.508 e. The Hall–Kier alpha value is -2.83. The Kier molecular flexibility index (Phi) is 9.25. The molecule has 2 fully saturated rings. The average molecular weight is 588 g/mol. The monoisotopic (exact) mass is 587 g/mol. The van der Waals surface area contributed by atoms with E-state index in [0.29, 0.717) is 42.9 Å². The number of nitrogens with zero attached hydrogens (tertiary/aromatic N) is 3. The van der Waals surface area contributed by atoms with E-state index in [1.165, 1.54) is 4.90 Å². The highest BCUT2D eigenvalue weighted by Gasteiger charge is 2.39. The number of carbonyl (C=O) groups is 1. The Morgan fingerprint density at radius 1 is 0.878 bits per heavy atom. The Labute approximate surface area is 235 Å². The van der Waals surface area contributed by atoms with Crippen molar-refractivity contribution in [2.24, 2.45) is 0 Å². The van der Waals surface area contributed by atoms with E-state index in [1.54, 1.807) is 25.1 Å². The number of phenolic OH excluding ortho intramolecular Hbond substituents is 1. The predicted molar refractivity (Wildman–Crippen MR) is 141 cm³/mol. The molecule has 12 heteroatoms. The van der Waals surface area contributed by atoms with Gasteiger partial charge in [0, 0.05) is 57.4 Å². The van der Waals surface area contributed by atoms with Gasteiger partial charge >= 0.3 is 12.4 Å². The molecule has 0 bridgehead atoms. The summed E-state index contributed by atoms with van der Waals surface area (Å²) >= 11 is 0. The fourth-order valence-electron chi connectivity index (χ4n) is 5.61. The molecular weight excluding hydrogens is 552 g/mol. The van der Waals surface area contributed by atoms with Crippen molar-refractivity contribution >= 4 is 5.91 Å². The first-order valence-corrected chi connectivity index (χ1v) is 13.6. The van der Waals surface area contributed by atoms with Gasteiger partial charge in [-0.1, -0.05) is 12.1 Å². The maximum absolute atomic E-state index is 13.6. The molecule has 4 rings (SSSR count). The van der Waals surface area contributed by atoms with Crippen LogP contribution in [0.15, 0.2) is 36.4 Å². The summed E-state index contributed by atoms with van der Waals surface area (Å²) in [4.78, 5) is 19.4. The fourth-order valence-corrected chi connectivity index (χ4v) is 5.61. The number of amides is 1. The van der Waals surface area contributed by atoms with Crippen molar-refractivity contribution in [3.8, 4) is 5.75 Å². The highest BCUT2D eigenvalue weighted by atomic mass is 19.4. The van der Waals surface area contributed by atoms with Gasteiger partial charge in [0.2, 0.25) is 0 Å². The summed E-state index contributed by atoms with van der Waals surface area (Å²) in [5.41, 5.74) is -2.35. The van der Waals surface area contributed by atoms with Crippen molar-refractivity contribution in [1.29, 1.82) is 0 Å². The topological polar surface area (TPSA) is 56.2 Å². The van der Waals surface area contributed by atoms with E-state index in [-0.39, 0.29) is 37.0 Å². The standard InChI is InChI=1S/C29H35F6N3O3/c1-18-4-5-21(11-26(18)39)10-25-17-36(6-7-37-15-19(2)41-20(3)16-37)8-9-38(25)27(40)22-12-23(28(30,31)32)14-24(13-22)29(33,34)35/h4-5,11-14,19-20,25,39H,6-10,15-17H2,1-3H3. The molecule has 1 amide bonds. The highest BCUT2D eigenvalue weighted by Crippen LogP contribution is 2.37. The fraction of sp³-hybridized carbons (Fsp3) is 0.552. The van der Waals surface area contributed by atoms with E-state index in [1.807, 2.05) is 13.8 Å². The smallest absolute Gasteiger partial charge is 0.416 e. The molecule has 0 radical (unpaired) electrons. The van der Waals surface area contributed by atoms with Gasteiger partial charge in [0.1, 0.15) is 5.75 Å². The number of ether oxygens (including phenoxy) is 1. The summed E-state index contributed by atoms with van der Waals surface area (Å²) in [5, 5.41) is 10.2. The first-order chi connectivity index (χ1) is 19.1. The SMILES string of the molecule is Cc1ccc(CC2CN(CCN3CC(C)OC(C)C3)CCN2C(=O)c2cc(C(F)(F)F)cc(C(F)(F)F)c2)cc1O. The number of piperazine rings is 1. The van der Waals surface area contributed by atoms with Crippen LogP contribution in [-0.4, -0.2) is 89.8 Å². The van der Waals surface area contributed by atoms with Gasteiger partial charge in [-0.25, -0.2) is 0 Å². The second-order valence-corrected chi connectivity index (χ2v) is 11.1. The Balaban J connectivity index is 1.58. The van der Waals surface area contributed by atoms with Gasteiger partial charge in [0.25, 0.3) is 5.91 Å². The molecule has 0 aliphatic carbocycles. The summed E-state index contributed by atoms with van der Waals surface area (Å²) in [7, 11) is 0. The van der Waals surface area contributed by atoms with Crippen LogP contribution in [-0.2, 0) is 23.5 Å². The van der Waals surface area contributed by atoms with Crippen molar-refractivity contribution in [2.75, 3.05) is 45.8 Å². The van der Waals surface area contributed by atoms with Crippen molar-refractivity contribution in [3.05, 3.63) is 64.2 Å². The molecule has 2 saturated heterocycles. The maximum atomic E-state index is 13.6. The molecule has 2 aromatic carbocycles. The first-order valence-electron chi connectivity index (χ1n) is 13.6. The molecule has 226 valence electrons. The second-order valence-electron chi connectivity index (χ2n) is 11.1. The molecule has 6 nitrogen and oxygen atoms in total. The minimum absolute atomic E-state index is 0.0225. The number of carbonyl (C=O) groups excluding carboxylic acids is 1. The van der Waals surface area contributed by atoms with Crippen LogP contribution >= 0.6 is 0 Å². The quantitative estimate of drug-likeness (QED) is 0.470. The van der Waals surface area contributed by atoms with E-state index in [9.17, 15) is 36.2 Å². The van der Waals surface area contributed by atoms with Gasteiger partial charge in [-0.15, -0.1) is 0 Å². The molecule has 0 aromatic heterocycles. The lowest BCUT2D eigenvalue weighted by Gasteiger charge is -2.43. The molecule has 41 heavy (non-hydrogen) atoms. The second kappa shape index (κ2) is 12.2. The van der Waals surface area contributed by atoms with Crippen LogP contribution in [0.25, 0.3) is 0 Å². The number of phenols is 1. The Morgan fingerprint density at radius 3 is 2.02 bits per heavy atom. The van der Waals surface area contributed by atoms with Crippen molar-refractivity contribution in [3.63, 3.8) is 0 Å². The van der Waals surface area contributed by atoms with Gasteiger partial charge in [-0.2, -0.15) is 26.3 Å². The first kappa shape index (κ1) is 31.1. The normalized spacial score (nSPS) is 23.1. The molecule has 3 unspecified atom stereocenters. The van der Waals surface area contributed by atoms with Crippen molar-refractivity contribution in [1.82, 2.24) is 14.7 Å². The molecule has 2 heterocycles. The van der Waals surface area contributed by atoms with E-state index >= 15 is 0 Å². The number of aromatic hydroxyl groups is 1. The average Bonchev–Trinajstić information content (AvgIpc) is 2.87. The minimum atomic E-state index is -5.05. The third kappa shape index (κ3) is 7.92. The van der Waals surface area contributed by atoms with E-state index < -0.39 is 41.0 Å². The van der Waals surface area contributed by atoms with Crippen LogP contribution < -0.4 is 0 Å². The van der Waals surface area contributed by atoms with Gasteiger partial charge in [-0.05, 0) is 62.6 Å². The molecule has 2 aliphatic heterocycles. The molecule has 2 aliphatic rings. The van der Waals surface area contributed by atoms with Gasteiger partial charge in [0.15, 0.2) is 0 Å². The van der Waals surface area contributed by atoms with E-state index in [0.717, 1.165) is 19.6 Å². The summed E-state index contributed by atoms with van der Waals surface area (Å²) in [6.45, 7) is 9.69. The van der Waals surface area contributed by atoms with Crippen LogP contribution in [0.4, 0.5) is 26.3 Å². The van der Waals surface area contributed by atoms with Crippen molar-refractivity contribution < 1.29 is 41.0 Å². The van der Waals surface area contributed by atoms with E-state index in [2.05, 4.69) is 9.80 Å². The van der Waals surface area contributed by atoms with Crippen LogP contribution in [0.3, 0.4) is 0 Å². The third-order valence-corrected chi connectivity index (χ3v) is 7.63. The van der Waals surface area contributed by atoms with E-state index in [4.69, 9.17) is 4.74 Å².